The number of hydrogen-bond acceptors (Lipinski definition) is 5. The Morgan fingerprint density at radius 2 is 2.19 bits per heavy atom. The third-order valence-corrected chi connectivity index (χ3v) is 4.80. The van der Waals surface area contributed by atoms with Crippen LogP contribution in [-0.2, 0) is 4.79 Å². The molecule has 0 bridgehead atoms. The van der Waals surface area contributed by atoms with Gasteiger partial charge in [-0.05, 0) is 31.4 Å². The quantitative estimate of drug-likeness (QED) is 0.798. The fourth-order valence-corrected chi connectivity index (χ4v) is 3.27. The van der Waals surface area contributed by atoms with Crippen molar-refractivity contribution in [2.45, 2.75) is 19.8 Å². The maximum absolute atomic E-state index is 12.8. The number of aryl methyl sites for hydroxylation is 1. The number of piperidine rings is 1. The van der Waals surface area contributed by atoms with E-state index in [0.717, 1.165) is 36.5 Å². The molecule has 1 atom stereocenters. The number of likely N-dealkylation sites (N-methyl/N-ethyl adjacent to an activating group) is 1. The molecular formula is C20H26N4O2. The second-order valence-electron chi connectivity index (χ2n) is 6.72. The summed E-state index contributed by atoms with van der Waals surface area (Å²) in [4.78, 5) is 25.2. The standard InChI is InChI=1S/C20H26N4O2/c1-16-6-3-4-8-18(16)26-13-12-23(2)20(25)17-7-5-11-24(15-17)19-14-21-9-10-22-19/h3-4,6,8-10,14,17H,5,7,11-13,15H2,1-2H3/t17-/m1/s1. The fraction of sp³-hybridized carbons (Fsp3) is 0.450. The van der Waals surface area contributed by atoms with Crippen molar-refractivity contribution in [1.82, 2.24) is 14.9 Å². The zero-order valence-corrected chi connectivity index (χ0v) is 15.5. The average Bonchev–Trinajstić information content (AvgIpc) is 2.69. The Morgan fingerprint density at radius 1 is 1.35 bits per heavy atom. The second kappa shape index (κ2) is 8.65. The molecule has 1 fully saturated rings. The molecular weight excluding hydrogens is 328 g/mol. The van der Waals surface area contributed by atoms with Gasteiger partial charge in [-0.15, -0.1) is 0 Å². The molecule has 1 amide bonds. The van der Waals surface area contributed by atoms with Gasteiger partial charge in [0, 0.05) is 32.5 Å². The molecule has 0 aliphatic carbocycles. The number of carbonyl (C=O) groups excluding carboxylic acids is 1. The van der Waals surface area contributed by atoms with Crippen molar-refractivity contribution in [3.05, 3.63) is 48.4 Å². The van der Waals surface area contributed by atoms with Crippen LogP contribution < -0.4 is 9.64 Å². The van der Waals surface area contributed by atoms with E-state index in [9.17, 15) is 4.79 Å². The molecule has 0 radical (unpaired) electrons. The third-order valence-electron chi connectivity index (χ3n) is 4.80. The first-order chi connectivity index (χ1) is 12.6. The zero-order valence-electron chi connectivity index (χ0n) is 15.5. The highest BCUT2D eigenvalue weighted by Crippen LogP contribution is 2.22. The number of aromatic nitrogens is 2. The Bertz CT molecular complexity index is 723. The van der Waals surface area contributed by atoms with Crippen molar-refractivity contribution >= 4 is 11.7 Å². The molecule has 1 aromatic heterocycles. The minimum atomic E-state index is -0.00535. The Hall–Kier alpha value is -2.63. The largest absolute Gasteiger partial charge is 0.491 e. The normalized spacial score (nSPS) is 17.0. The number of benzene rings is 1. The number of ether oxygens (including phenoxy) is 1. The van der Waals surface area contributed by atoms with E-state index in [-0.39, 0.29) is 11.8 Å². The molecule has 2 aromatic rings. The molecule has 138 valence electrons. The van der Waals surface area contributed by atoms with E-state index in [1.165, 1.54) is 0 Å². The van der Waals surface area contributed by atoms with E-state index >= 15 is 0 Å². The first-order valence-electron chi connectivity index (χ1n) is 9.09. The molecule has 0 saturated carbocycles. The van der Waals surface area contributed by atoms with E-state index in [4.69, 9.17) is 4.74 Å². The average molecular weight is 354 g/mol. The van der Waals surface area contributed by atoms with Crippen molar-refractivity contribution in [3.63, 3.8) is 0 Å². The molecule has 2 heterocycles. The maximum atomic E-state index is 12.8. The van der Waals surface area contributed by atoms with E-state index in [2.05, 4.69) is 14.9 Å². The van der Waals surface area contributed by atoms with Crippen molar-refractivity contribution < 1.29 is 9.53 Å². The highest BCUT2D eigenvalue weighted by molar-refractivity contribution is 5.79. The summed E-state index contributed by atoms with van der Waals surface area (Å²) >= 11 is 0. The van der Waals surface area contributed by atoms with Crippen LogP contribution >= 0.6 is 0 Å². The van der Waals surface area contributed by atoms with Crippen molar-refractivity contribution in [2.24, 2.45) is 5.92 Å². The highest BCUT2D eigenvalue weighted by Gasteiger charge is 2.28. The van der Waals surface area contributed by atoms with Crippen molar-refractivity contribution in [2.75, 3.05) is 38.2 Å². The van der Waals surface area contributed by atoms with Gasteiger partial charge in [0.15, 0.2) is 0 Å². The number of amides is 1. The minimum Gasteiger partial charge on any atom is -0.491 e. The summed E-state index contributed by atoms with van der Waals surface area (Å²) in [6, 6.07) is 7.93. The van der Waals surface area contributed by atoms with E-state index < -0.39 is 0 Å². The van der Waals surface area contributed by atoms with Crippen LogP contribution in [0.2, 0.25) is 0 Å². The minimum absolute atomic E-state index is 0.00535. The van der Waals surface area contributed by atoms with Gasteiger partial charge in [-0.25, -0.2) is 4.98 Å². The maximum Gasteiger partial charge on any atom is 0.227 e. The molecule has 1 aromatic carbocycles. The number of nitrogens with zero attached hydrogens (tertiary/aromatic N) is 4. The zero-order chi connectivity index (χ0) is 18.4. The Morgan fingerprint density at radius 3 is 2.96 bits per heavy atom. The summed E-state index contributed by atoms with van der Waals surface area (Å²) in [6.07, 6.45) is 7.01. The predicted octanol–water partition coefficient (Wildman–Crippen LogP) is 2.54. The summed E-state index contributed by atoms with van der Waals surface area (Å²) in [6.45, 7) is 4.71. The Balaban J connectivity index is 1.50. The van der Waals surface area contributed by atoms with Crippen molar-refractivity contribution in [3.8, 4) is 5.75 Å². The van der Waals surface area contributed by atoms with Gasteiger partial charge in [-0.2, -0.15) is 0 Å². The number of anilines is 1. The molecule has 26 heavy (non-hydrogen) atoms. The molecule has 0 N–H and O–H groups in total. The third kappa shape index (κ3) is 4.50. The van der Waals surface area contributed by atoms with Crippen LogP contribution in [0.1, 0.15) is 18.4 Å². The van der Waals surface area contributed by atoms with Gasteiger partial charge in [-0.1, -0.05) is 18.2 Å². The van der Waals surface area contributed by atoms with Crippen LogP contribution in [0.15, 0.2) is 42.9 Å². The van der Waals surface area contributed by atoms with Gasteiger partial charge >= 0.3 is 0 Å². The first kappa shape index (κ1) is 18.2. The van der Waals surface area contributed by atoms with Gasteiger partial charge in [0.2, 0.25) is 5.91 Å². The topological polar surface area (TPSA) is 58.6 Å². The van der Waals surface area contributed by atoms with Crippen LogP contribution in [0.4, 0.5) is 5.82 Å². The number of carbonyl (C=O) groups is 1. The molecule has 0 unspecified atom stereocenters. The van der Waals surface area contributed by atoms with Gasteiger partial charge in [0.05, 0.1) is 18.7 Å². The SMILES string of the molecule is Cc1ccccc1OCCN(C)C(=O)[C@@H]1CCCN(c2cnccn2)C1. The van der Waals surface area contributed by atoms with Crippen LogP contribution in [0.25, 0.3) is 0 Å². The summed E-state index contributed by atoms with van der Waals surface area (Å²) in [5.41, 5.74) is 1.10. The Labute approximate surface area is 154 Å². The highest BCUT2D eigenvalue weighted by atomic mass is 16.5. The lowest BCUT2D eigenvalue weighted by molar-refractivity contribution is -0.134. The second-order valence-corrected chi connectivity index (χ2v) is 6.72. The van der Waals surface area contributed by atoms with Gasteiger partial charge < -0.3 is 14.5 Å². The van der Waals surface area contributed by atoms with E-state index in [0.29, 0.717) is 19.7 Å². The fourth-order valence-electron chi connectivity index (χ4n) is 3.27. The lowest BCUT2D eigenvalue weighted by Crippen LogP contribution is -2.44. The predicted molar refractivity (Wildman–Crippen MR) is 101 cm³/mol. The van der Waals surface area contributed by atoms with E-state index in [1.54, 1.807) is 23.5 Å². The van der Waals surface area contributed by atoms with Crippen molar-refractivity contribution in [1.29, 1.82) is 0 Å². The molecule has 1 aliphatic heterocycles. The lowest BCUT2D eigenvalue weighted by Gasteiger charge is -2.34. The molecule has 6 nitrogen and oxygen atoms in total. The number of hydrogen-bond donors (Lipinski definition) is 0. The van der Waals surface area contributed by atoms with Gasteiger partial charge in [0.1, 0.15) is 18.2 Å². The molecule has 0 spiro atoms. The van der Waals surface area contributed by atoms with Gasteiger partial charge in [0.25, 0.3) is 0 Å². The summed E-state index contributed by atoms with van der Waals surface area (Å²) < 4.78 is 5.81. The Kier molecular flexibility index (Phi) is 6.04. The van der Waals surface area contributed by atoms with Crippen LogP contribution in [0, 0.1) is 12.8 Å². The molecule has 1 saturated heterocycles. The van der Waals surface area contributed by atoms with Crippen LogP contribution in [0.3, 0.4) is 0 Å². The van der Waals surface area contributed by atoms with Crippen LogP contribution in [-0.4, -0.2) is 54.1 Å². The van der Waals surface area contributed by atoms with E-state index in [1.807, 2.05) is 38.2 Å². The van der Waals surface area contributed by atoms with Crippen LogP contribution in [0.5, 0.6) is 5.75 Å². The smallest absolute Gasteiger partial charge is 0.227 e. The lowest BCUT2D eigenvalue weighted by atomic mass is 9.96. The number of para-hydroxylation sites is 1. The summed E-state index contributed by atoms with van der Waals surface area (Å²) in [5.74, 6) is 1.89. The number of rotatable bonds is 6. The molecule has 3 rings (SSSR count). The van der Waals surface area contributed by atoms with Gasteiger partial charge in [-0.3, -0.25) is 9.78 Å². The summed E-state index contributed by atoms with van der Waals surface area (Å²) in [5, 5.41) is 0. The molecule has 1 aliphatic rings. The summed E-state index contributed by atoms with van der Waals surface area (Å²) in [7, 11) is 1.85. The molecule has 6 heteroatoms. The first-order valence-corrected chi connectivity index (χ1v) is 9.09. The monoisotopic (exact) mass is 354 g/mol.